The summed E-state index contributed by atoms with van der Waals surface area (Å²) in [5, 5.41) is 12.4. The zero-order valence-corrected chi connectivity index (χ0v) is 17.8. The quantitative estimate of drug-likeness (QED) is 0.491. The van der Waals surface area contributed by atoms with Gasteiger partial charge in [0.1, 0.15) is 17.9 Å². The molecule has 3 heterocycles. The molecule has 9 heteroatoms. The molecule has 1 saturated heterocycles. The molecule has 1 aliphatic heterocycles. The fourth-order valence-corrected chi connectivity index (χ4v) is 3.84. The first kappa shape index (κ1) is 19.6. The average Bonchev–Trinajstić information content (AvgIpc) is 3.21. The molecule has 8 nitrogen and oxygen atoms in total. The molecule has 2 N–H and O–H groups in total. The first-order chi connectivity index (χ1) is 15.2. The van der Waals surface area contributed by atoms with Gasteiger partial charge in [-0.15, -0.1) is 5.10 Å². The van der Waals surface area contributed by atoms with Crippen LogP contribution in [-0.2, 0) is 7.05 Å². The second kappa shape index (κ2) is 8.41. The van der Waals surface area contributed by atoms with E-state index in [2.05, 4.69) is 42.7 Å². The number of rotatable bonds is 5. The number of anilines is 3. The van der Waals surface area contributed by atoms with E-state index in [1.54, 1.807) is 17.1 Å². The standard InChI is InChI=1S/C22H22ClN7O/c1-29-9-6-21(28-29)31-20-5-2-15(12-18(20)23)27-22-17-13-16(30-10-7-24-8-11-30)3-4-19(17)25-14-26-22/h2-6,9,12-14,24H,7-8,10-11H2,1H3,(H,25,26,27). The lowest BCUT2D eigenvalue weighted by molar-refractivity contribution is 0.454. The van der Waals surface area contributed by atoms with Gasteiger partial charge in [-0.05, 0) is 36.4 Å². The minimum atomic E-state index is 0.482. The number of benzene rings is 2. The molecule has 5 rings (SSSR count). The Hall–Kier alpha value is -3.36. The SMILES string of the molecule is Cn1ccc(Oc2ccc(Nc3ncnc4ccc(N5CCNCC5)cc34)cc2Cl)n1. The molecule has 0 bridgehead atoms. The predicted molar refractivity (Wildman–Crippen MR) is 123 cm³/mol. The van der Waals surface area contributed by atoms with E-state index in [1.807, 2.05) is 37.5 Å². The highest BCUT2D eigenvalue weighted by molar-refractivity contribution is 6.32. The number of halogens is 1. The molecule has 0 radical (unpaired) electrons. The van der Waals surface area contributed by atoms with Gasteiger partial charge >= 0.3 is 0 Å². The van der Waals surface area contributed by atoms with Gasteiger partial charge in [-0.2, -0.15) is 0 Å². The number of hydrogen-bond acceptors (Lipinski definition) is 7. The second-order valence-corrected chi connectivity index (χ2v) is 7.77. The van der Waals surface area contributed by atoms with Gasteiger partial charge in [0.15, 0.2) is 0 Å². The van der Waals surface area contributed by atoms with Crippen LogP contribution in [0.3, 0.4) is 0 Å². The van der Waals surface area contributed by atoms with E-state index in [1.165, 1.54) is 5.69 Å². The third-order valence-electron chi connectivity index (χ3n) is 5.20. The number of piperazine rings is 1. The fraction of sp³-hybridized carbons (Fsp3) is 0.227. The molecule has 2 aromatic heterocycles. The monoisotopic (exact) mass is 435 g/mol. The number of aryl methyl sites for hydroxylation is 1. The van der Waals surface area contributed by atoms with Crippen molar-refractivity contribution in [2.24, 2.45) is 7.05 Å². The zero-order chi connectivity index (χ0) is 21.2. The molecule has 0 unspecified atom stereocenters. The molecule has 1 aliphatic rings. The van der Waals surface area contributed by atoms with E-state index >= 15 is 0 Å². The van der Waals surface area contributed by atoms with Crippen molar-refractivity contribution in [2.45, 2.75) is 0 Å². The zero-order valence-electron chi connectivity index (χ0n) is 17.0. The van der Waals surface area contributed by atoms with E-state index in [4.69, 9.17) is 16.3 Å². The molecular weight excluding hydrogens is 414 g/mol. The summed E-state index contributed by atoms with van der Waals surface area (Å²) in [7, 11) is 1.83. The van der Waals surface area contributed by atoms with Crippen molar-refractivity contribution < 1.29 is 4.74 Å². The minimum absolute atomic E-state index is 0.482. The van der Waals surface area contributed by atoms with Crippen LogP contribution in [0.15, 0.2) is 55.0 Å². The van der Waals surface area contributed by atoms with Crippen LogP contribution in [0.1, 0.15) is 0 Å². The molecule has 0 saturated carbocycles. The van der Waals surface area contributed by atoms with E-state index < -0.39 is 0 Å². The van der Waals surface area contributed by atoms with Crippen molar-refractivity contribution in [3.05, 3.63) is 60.0 Å². The van der Waals surface area contributed by atoms with Gasteiger partial charge in [0.2, 0.25) is 5.88 Å². The Balaban J connectivity index is 1.41. The van der Waals surface area contributed by atoms with Crippen LogP contribution in [-0.4, -0.2) is 45.9 Å². The first-order valence-electron chi connectivity index (χ1n) is 10.1. The highest BCUT2D eigenvalue weighted by Gasteiger charge is 2.13. The summed E-state index contributed by atoms with van der Waals surface area (Å²) in [6, 6.07) is 13.6. The van der Waals surface area contributed by atoms with Crippen LogP contribution in [0, 0.1) is 0 Å². The molecule has 4 aromatic rings. The van der Waals surface area contributed by atoms with Crippen molar-refractivity contribution in [1.29, 1.82) is 0 Å². The Bertz CT molecular complexity index is 1220. The predicted octanol–water partition coefficient (Wildman–Crippen LogP) is 3.96. The largest absolute Gasteiger partial charge is 0.436 e. The summed E-state index contributed by atoms with van der Waals surface area (Å²) < 4.78 is 7.44. The lowest BCUT2D eigenvalue weighted by Crippen LogP contribution is -2.43. The molecule has 0 atom stereocenters. The van der Waals surface area contributed by atoms with E-state index in [0.717, 1.165) is 48.6 Å². The second-order valence-electron chi connectivity index (χ2n) is 7.36. The maximum Gasteiger partial charge on any atom is 0.238 e. The number of fused-ring (bicyclic) bond motifs is 1. The first-order valence-corrected chi connectivity index (χ1v) is 10.5. The van der Waals surface area contributed by atoms with Gasteiger partial charge in [0.05, 0.1) is 10.5 Å². The Kier molecular flexibility index (Phi) is 5.31. The summed E-state index contributed by atoms with van der Waals surface area (Å²) in [5.74, 6) is 1.77. The van der Waals surface area contributed by atoms with Crippen LogP contribution in [0.25, 0.3) is 10.9 Å². The number of nitrogens with zero attached hydrogens (tertiary/aromatic N) is 5. The summed E-state index contributed by atoms with van der Waals surface area (Å²) in [4.78, 5) is 11.3. The van der Waals surface area contributed by atoms with Gasteiger partial charge in [-0.25, -0.2) is 9.97 Å². The van der Waals surface area contributed by atoms with Crippen molar-refractivity contribution >= 4 is 39.7 Å². The Morgan fingerprint density at radius 1 is 1.06 bits per heavy atom. The molecule has 31 heavy (non-hydrogen) atoms. The normalized spacial score (nSPS) is 14.1. The summed E-state index contributed by atoms with van der Waals surface area (Å²) >= 11 is 6.45. The lowest BCUT2D eigenvalue weighted by Gasteiger charge is -2.29. The Morgan fingerprint density at radius 3 is 2.71 bits per heavy atom. The Morgan fingerprint density at radius 2 is 1.94 bits per heavy atom. The number of nitrogens with one attached hydrogen (secondary N) is 2. The van der Waals surface area contributed by atoms with Crippen molar-refractivity contribution in [1.82, 2.24) is 25.1 Å². The topological polar surface area (TPSA) is 80.1 Å². The van der Waals surface area contributed by atoms with Crippen LogP contribution >= 0.6 is 11.6 Å². The van der Waals surface area contributed by atoms with E-state index in [-0.39, 0.29) is 0 Å². The van der Waals surface area contributed by atoms with Crippen molar-refractivity contribution in [2.75, 3.05) is 36.4 Å². The summed E-state index contributed by atoms with van der Waals surface area (Å²) in [6.07, 6.45) is 3.38. The lowest BCUT2D eigenvalue weighted by atomic mass is 10.1. The average molecular weight is 436 g/mol. The number of aromatic nitrogens is 4. The molecule has 1 fully saturated rings. The minimum Gasteiger partial charge on any atom is -0.436 e. The van der Waals surface area contributed by atoms with Gasteiger partial charge in [-0.3, -0.25) is 4.68 Å². The highest BCUT2D eigenvalue weighted by Crippen LogP contribution is 2.33. The molecule has 0 amide bonds. The van der Waals surface area contributed by atoms with Gasteiger partial charge in [-0.1, -0.05) is 11.6 Å². The highest BCUT2D eigenvalue weighted by atomic mass is 35.5. The molecule has 158 valence electrons. The molecule has 2 aromatic carbocycles. The Labute approximate surface area is 184 Å². The van der Waals surface area contributed by atoms with Crippen LogP contribution in [0.4, 0.5) is 17.2 Å². The van der Waals surface area contributed by atoms with E-state index in [9.17, 15) is 0 Å². The maximum atomic E-state index is 6.45. The number of ether oxygens (including phenoxy) is 1. The van der Waals surface area contributed by atoms with Crippen molar-refractivity contribution in [3.63, 3.8) is 0 Å². The maximum absolute atomic E-state index is 6.45. The molecular formula is C22H22ClN7O. The van der Waals surface area contributed by atoms with E-state index in [0.29, 0.717) is 16.7 Å². The number of hydrogen-bond donors (Lipinski definition) is 2. The smallest absolute Gasteiger partial charge is 0.238 e. The third-order valence-corrected chi connectivity index (χ3v) is 5.49. The van der Waals surface area contributed by atoms with Crippen LogP contribution < -0.4 is 20.3 Å². The van der Waals surface area contributed by atoms with Gasteiger partial charge < -0.3 is 20.3 Å². The fourth-order valence-electron chi connectivity index (χ4n) is 3.62. The van der Waals surface area contributed by atoms with Gasteiger partial charge in [0, 0.05) is 62.3 Å². The van der Waals surface area contributed by atoms with Crippen LogP contribution in [0.5, 0.6) is 11.6 Å². The third kappa shape index (κ3) is 4.26. The van der Waals surface area contributed by atoms with Crippen molar-refractivity contribution in [3.8, 4) is 11.6 Å². The summed E-state index contributed by atoms with van der Waals surface area (Å²) in [6.45, 7) is 3.93. The van der Waals surface area contributed by atoms with Crippen LogP contribution in [0.2, 0.25) is 5.02 Å². The molecule has 0 aliphatic carbocycles. The van der Waals surface area contributed by atoms with Gasteiger partial charge in [0.25, 0.3) is 0 Å². The summed E-state index contributed by atoms with van der Waals surface area (Å²) in [5.41, 5.74) is 2.87. The molecule has 0 spiro atoms.